The molecule has 0 atom stereocenters. The lowest BCUT2D eigenvalue weighted by Crippen LogP contribution is -1.80. The van der Waals surface area contributed by atoms with Crippen molar-refractivity contribution < 1.29 is 9.15 Å². The Morgan fingerprint density at radius 2 is 1.83 bits per heavy atom. The summed E-state index contributed by atoms with van der Waals surface area (Å²) in [6.07, 6.45) is 1.69. The predicted octanol–water partition coefficient (Wildman–Crippen LogP) is 6.61. The first-order chi connectivity index (χ1) is 11.6. The van der Waals surface area contributed by atoms with E-state index in [1.54, 1.807) is 13.3 Å². The lowest BCUT2D eigenvalue weighted by Gasteiger charge is -1.99. The van der Waals surface area contributed by atoms with Crippen LogP contribution in [-0.4, -0.2) is 13.3 Å². The number of hydrogen-bond acceptors (Lipinski definition) is 4. The molecular weight excluding hydrogens is 410 g/mol. The molecule has 1 heterocycles. The first-order valence-electron chi connectivity index (χ1n) is 7.05. The molecule has 1 aromatic heterocycles. The highest BCUT2D eigenvalue weighted by Gasteiger charge is 2.09. The molecule has 0 aliphatic heterocycles. The molecule has 0 radical (unpaired) electrons. The molecule has 3 aromatic rings. The van der Waals surface area contributed by atoms with Gasteiger partial charge in [-0.2, -0.15) is 0 Å². The van der Waals surface area contributed by atoms with Crippen molar-refractivity contribution in [3.63, 3.8) is 0 Å². The van der Waals surface area contributed by atoms with Gasteiger partial charge in [0.2, 0.25) is 0 Å². The van der Waals surface area contributed by atoms with E-state index in [0.717, 1.165) is 25.9 Å². The molecule has 0 aliphatic rings. The average molecular weight is 423 g/mol. The number of halogens is 2. The molecule has 0 fully saturated rings. The van der Waals surface area contributed by atoms with Crippen LogP contribution in [0.5, 0.6) is 5.75 Å². The third kappa shape index (κ3) is 4.44. The molecule has 2 aromatic carbocycles. The highest BCUT2D eigenvalue weighted by Crippen LogP contribution is 2.36. The number of hydrogen-bond donors (Lipinski definition) is 0. The summed E-state index contributed by atoms with van der Waals surface area (Å²) in [6.45, 7) is 0. The molecule has 6 heteroatoms. The monoisotopic (exact) mass is 421 g/mol. The van der Waals surface area contributed by atoms with E-state index in [1.165, 1.54) is 11.8 Å². The Labute approximate surface area is 157 Å². The Bertz CT molecular complexity index is 844. The second kappa shape index (κ2) is 7.92. The normalized spacial score (nSPS) is 11.1. The Morgan fingerprint density at radius 1 is 1.12 bits per heavy atom. The molecule has 0 N–H and O–H groups in total. The summed E-state index contributed by atoms with van der Waals surface area (Å²) >= 11 is 10.9. The van der Waals surface area contributed by atoms with Crippen LogP contribution in [0.2, 0.25) is 5.02 Å². The highest BCUT2D eigenvalue weighted by molar-refractivity contribution is 9.10. The van der Waals surface area contributed by atoms with E-state index in [9.17, 15) is 0 Å². The van der Waals surface area contributed by atoms with Gasteiger partial charge in [0.05, 0.1) is 23.5 Å². The van der Waals surface area contributed by atoms with E-state index in [4.69, 9.17) is 20.8 Å². The van der Waals surface area contributed by atoms with Gasteiger partial charge in [0, 0.05) is 16.0 Å². The van der Waals surface area contributed by atoms with Crippen molar-refractivity contribution in [2.45, 2.75) is 9.99 Å². The fourth-order valence-electron chi connectivity index (χ4n) is 1.92. The number of rotatable bonds is 5. The smallest absolute Gasteiger partial charge is 0.179 e. The molecule has 0 saturated heterocycles. The average Bonchev–Trinajstić information content (AvgIpc) is 2.95. The van der Waals surface area contributed by atoms with Crippen molar-refractivity contribution >= 4 is 51.2 Å². The Kier molecular flexibility index (Phi) is 5.66. The molecular formula is C18H13BrClNO2S. The summed E-state index contributed by atoms with van der Waals surface area (Å²) in [4.78, 5) is 5.45. The van der Waals surface area contributed by atoms with Crippen molar-refractivity contribution in [1.29, 1.82) is 0 Å². The number of furan rings is 1. The maximum Gasteiger partial charge on any atom is 0.179 e. The zero-order valence-electron chi connectivity index (χ0n) is 12.7. The van der Waals surface area contributed by atoms with Gasteiger partial charge in [-0.25, -0.2) is 0 Å². The van der Waals surface area contributed by atoms with Crippen LogP contribution < -0.4 is 4.74 Å². The van der Waals surface area contributed by atoms with E-state index in [0.29, 0.717) is 10.8 Å². The SMILES string of the molecule is COc1ccc(N=Cc2cc(Br)c(Sc3ccc(Cl)cc3)o2)cc1. The lowest BCUT2D eigenvalue weighted by molar-refractivity contribution is 0.415. The second-order valence-electron chi connectivity index (χ2n) is 4.80. The molecule has 0 aliphatic carbocycles. The Morgan fingerprint density at radius 3 is 2.50 bits per heavy atom. The summed E-state index contributed by atoms with van der Waals surface area (Å²) in [5.41, 5.74) is 0.829. The first-order valence-corrected chi connectivity index (χ1v) is 9.03. The van der Waals surface area contributed by atoms with Gasteiger partial charge in [-0.05, 0) is 64.5 Å². The van der Waals surface area contributed by atoms with Crippen LogP contribution in [0.15, 0.2) is 78.5 Å². The van der Waals surface area contributed by atoms with Crippen LogP contribution in [0, 0.1) is 0 Å². The minimum Gasteiger partial charge on any atom is -0.497 e. The van der Waals surface area contributed by atoms with E-state index in [1.807, 2.05) is 54.6 Å². The molecule has 0 amide bonds. The number of aliphatic imine (C=N–C) groups is 1. The summed E-state index contributed by atoms with van der Waals surface area (Å²) in [7, 11) is 1.64. The van der Waals surface area contributed by atoms with Gasteiger partial charge in [0.25, 0.3) is 0 Å². The molecule has 0 saturated carbocycles. The van der Waals surface area contributed by atoms with E-state index < -0.39 is 0 Å². The standard InChI is InChI=1S/C18H13BrClNO2S/c1-22-14-6-4-13(5-7-14)21-11-15-10-17(19)18(23-15)24-16-8-2-12(20)3-9-16/h2-11H,1H3. The minimum absolute atomic E-state index is 0.675. The topological polar surface area (TPSA) is 34.7 Å². The van der Waals surface area contributed by atoms with Gasteiger partial charge in [0.15, 0.2) is 5.09 Å². The fourth-order valence-corrected chi connectivity index (χ4v) is 3.37. The molecule has 24 heavy (non-hydrogen) atoms. The van der Waals surface area contributed by atoms with Gasteiger partial charge >= 0.3 is 0 Å². The highest BCUT2D eigenvalue weighted by atomic mass is 79.9. The van der Waals surface area contributed by atoms with E-state index in [-0.39, 0.29) is 0 Å². The van der Waals surface area contributed by atoms with Crippen molar-refractivity contribution in [1.82, 2.24) is 0 Å². The van der Waals surface area contributed by atoms with Crippen molar-refractivity contribution in [2.24, 2.45) is 4.99 Å². The zero-order chi connectivity index (χ0) is 16.9. The largest absolute Gasteiger partial charge is 0.497 e. The molecule has 122 valence electrons. The fraction of sp³-hybridized carbons (Fsp3) is 0.0556. The molecule has 0 bridgehead atoms. The summed E-state index contributed by atoms with van der Waals surface area (Å²) in [6, 6.07) is 17.0. The van der Waals surface area contributed by atoms with Crippen molar-refractivity contribution in [2.75, 3.05) is 7.11 Å². The predicted molar refractivity (Wildman–Crippen MR) is 102 cm³/mol. The third-order valence-corrected chi connectivity index (χ3v) is 5.21. The second-order valence-corrected chi connectivity index (χ2v) is 7.13. The van der Waals surface area contributed by atoms with Crippen molar-refractivity contribution in [3.8, 4) is 5.75 Å². The number of ether oxygens (including phenoxy) is 1. The maximum absolute atomic E-state index is 5.90. The van der Waals surface area contributed by atoms with E-state index in [2.05, 4.69) is 20.9 Å². The molecule has 0 unspecified atom stereocenters. The van der Waals surface area contributed by atoms with E-state index >= 15 is 0 Å². The summed E-state index contributed by atoms with van der Waals surface area (Å²) in [5.74, 6) is 1.48. The van der Waals surface area contributed by atoms with Crippen LogP contribution >= 0.6 is 39.3 Å². The number of nitrogens with zero attached hydrogens (tertiary/aromatic N) is 1. The minimum atomic E-state index is 0.675. The maximum atomic E-state index is 5.90. The first kappa shape index (κ1) is 17.1. The van der Waals surface area contributed by atoms with Crippen LogP contribution in [0.25, 0.3) is 0 Å². The Hall–Kier alpha value is -1.69. The molecule has 0 spiro atoms. The van der Waals surface area contributed by atoms with Gasteiger partial charge in [-0.1, -0.05) is 23.4 Å². The molecule has 3 nitrogen and oxygen atoms in total. The quantitative estimate of drug-likeness (QED) is 0.434. The van der Waals surface area contributed by atoms with Crippen LogP contribution in [0.1, 0.15) is 5.76 Å². The Balaban J connectivity index is 1.73. The van der Waals surface area contributed by atoms with Crippen molar-refractivity contribution in [3.05, 3.63) is 69.9 Å². The van der Waals surface area contributed by atoms with Crippen LogP contribution in [0.3, 0.4) is 0 Å². The van der Waals surface area contributed by atoms with Gasteiger partial charge in [0.1, 0.15) is 11.5 Å². The van der Waals surface area contributed by atoms with Gasteiger partial charge in [-0.15, -0.1) is 0 Å². The van der Waals surface area contributed by atoms with Crippen LogP contribution in [-0.2, 0) is 0 Å². The summed E-state index contributed by atoms with van der Waals surface area (Å²) < 4.78 is 11.8. The number of benzene rings is 2. The van der Waals surface area contributed by atoms with Gasteiger partial charge in [-0.3, -0.25) is 4.99 Å². The van der Waals surface area contributed by atoms with Gasteiger partial charge < -0.3 is 9.15 Å². The van der Waals surface area contributed by atoms with Crippen LogP contribution in [0.4, 0.5) is 5.69 Å². The molecule has 3 rings (SSSR count). The number of methoxy groups -OCH3 is 1. The zero-order valence-corrected chi connectivity index (χ0v) is 15.9. The lowest BCUT2D eigenvalue weighted by atomic mass is 10.3. The summed E-state index contributed by atoms with van der Waals surface area (Å²) in [5, 5.41) is 1.48. The third-order valence-electron chi connectivity index (χ3n) is 3.11.